The van der Waals surface area contributed by atoms with Gasteiger partial charge in [-0.2, -0.15) is 0 Å². The fourth-order valence-corrected chi connectivity index (χ4v) is 2.48. The molecule has 2 aromatic rings. The zero-order chi connectivity index (χ0) is 11.7. The SMILES string of the molecule is CCCc1ccc(C)c2c(C)c(C)ccc12. The lowest BCUT2D eigenvalue weighted by atomic mass is 9.92. The van der Waals surface area contributed by atoms with Crippen molar-refractivity contribution in [3.63, 3.8) is 0 Å². The van der Waals surface area contributed by atoms with Crippen LogP contribution >= 0.6 is 0 Å². The van der Waals surface area contributed by atoms with E-state index in [0.717, 1.165) is 0 Å². The molecule has 16 heavy (non-hydrogen) atoms. The van der Waals surface area contributed by atoms with Gasteiger partial charge in [-0.1, -0.05) is 37.6 Å². The Morgan fingerprint density at radius 1 is 0.875 bits per heavy atom. The molecule has 0 bridgehead atoms. The van der Waals surface area contributed by atoms with Crippen molar-refractivity contribution in [3.8, 4) is 0 Å². The monoisotopic (exact) mass is 212 g/mol. The van der Waals surface area contributed by atoms with Crippen LogP contribution in [-0.2, 0) is 6.42 Å². The van der Waals surface area contributed by atoms with Crippen LogP contribution in [0.2, 0.25) is 0 Å². The Hall–Kier alpha value is -1.30. The third-order valence-corrected chi connectivity index (χ3v) is 3.53. The summed E-state index contributed by atoms with van der Waals surface area (Å²) in [5.74, 6) is 0. The minimum atomic E-state index is 1.18. The topological polar surface area (TPSA) is 0 Å². The minimum Gasteiger partial charge on any atom is -0.0651 e. The molecule has 0 heterocycles. The van der Waals surface area contributed by atoms with Crippen molar-refractivity contribution in [2.45, 2.75) is 40.5 Å². The van der Waals surface area contributed by atoms with Gasteiger partial charge in [-0.05, 0) is 60.2 Å². The van der Waals surface area contributed by atoms with Crippen molar-refractivity contribution >= 4 is 10.8 Å². The maximum Gasteiger partial charge on any atom is -0.0120 e. The first-order valence-corrected chi connectivity index (χ1v) is 6.13. The average molecular weight is 212 g/mol. The smallest absolute Gasteiger partial charge is 0.0120 e. The molecule has 0 saturated carbocycles. The lowest BCUT2D eigenvalue weighted by Gasteiger charge is -2.12. The second-order valence-corrected chi connectivity index (χ2v) is 4.72. The first kappa shape index (κ1) is 11.2. The molecule has 2 rings (SSSR count). The number of hydrogen-bond donors (Lipinski definition) is 0. The summed E-state index contributed by atoms with van der Waals surface area (Å²) in [5, 5.41) is 2.91. The lowest BCUT2D eigenvalue weighted by molar-refractivity contribution is 0.929. The van der Waals surface area contributed by atoms with Crippen LogP contribution in [0, 0.1) is 20.8 Å². The first-order chi connectivity index (χ1) is 7.65. The predicted molar refractivity (Wildman–Crippen MR) is 72.2 cm³/mol. The molecule has 0 amide bonds. The molecule has 0 fully saturated rings. The summed E-state index contributed by atoms with van der Waals surface area (Å²) in [6, 6.07) is 9.08. The van der Waals surface area contributed by atoms with Gasteiger partial charge in [0.1, 0.15) is 0 Å². The highest BCUT2D eigenvalue weighted by Crippen LogP contribution is 2.28. The second-order valence-electron chi connectivity index (χ2n) is 4.72. The number of benzene rings is 2. The fraction of sp³-hybridized carbons (Fsp3) is 0.375. The van der Waals surface area contributed by atoms with E-state index >= 15 is 0 Å². The largest absolute Gasteiger partial charge is 0.0651 e. The van der Waals surface area contributed by atoms with E-state index in [1.807, 2.05) is 0 Å². The molecule has 0 nitrogen and oxygen atoms in total. The van der Waals surface area contributed by atoms with Gasteiger partial charge in [-0.25, -0.2) is 0 Å². The molecule has 0 aromatic heterocycles. The summed E-state index contributed by atoms with van der Waals surface area (Å²) in [5.41, 5.74) is 5.72. The highest BCUT2D eigenvalue weighted by Gasteiger charge is 2.06. The Kier molecular flexibility index (Phi) is 3.00. The zero-order valence-corrected chi connectivity index (χ0v) is 10.7. The van der Waals surface area contributed by atoms with E-state index in [2.05, 4.69) is 52.0 Å². The normalized spacial score (nSPS) is 11.0. The van der Waals surface area contributed by atoms with Crippen molar-refractivity contribution in [2.75, 3.05) is 0 Å². The molecule has 0 unspecified atom stereocenters. The van der Waals surface area contributed by atoms with Crippen LogP contribution in [0.3, 0.4) is 0 Å². The number of fused-ring (bicyclic) bond motifs is 1. The average Bonchev–Trinajstić information content (AvgIpc) is 2.27. The summed E-state index contributed by atoms with van der Waals surface area (Å²) in [4.78, 5) is 0. The Labute approximate surface area is 98.3 Å². The van der Waals surface area contributed by atoms with Crippen molar-refractivity contribution in [3.05, 3.63) is 46.5 Å². The van der Waals surface area contributed by atoms with Crippen LogP contribution < -0.4 is 0 Å². The summed E-state index contributed by atoms with van der Waals surface area (Å²) in [6.45, 7) is 8.89. The minimum absolute atomic E-state index is 1.18. The van der Waals surface area contributed by atoms with Crippen molar-refractivity contribution < 1.29 is 0 Å². The molecular formula is C16H20. The highest BCUT2D eigenvalue weighted by atomic mass is 14.1. The predicted octanol–water partition coefficient (Wildman–Crippen LogP) is 4.72. The van der Waals surface area contributed by atoms with Gasteiger partial charge in [0.25, 0.3) is 0 Å². The second kappa shape index (κ2) is 4.29. The van der Waals surface area contributed by atoms with Gasteiger partial charge in [0.05, 0.1) is 0 Å². The first-order valence-electron chi connectivity index (χ1n) is 6.13. The molecule has 0 aliphatic carbocycles. The van der Waals surface area contributed by atoms with Gasteiger partial charge in [0.2, 0.25) is 0 Å². The van der Waals surface area contributed by atoms with Gasteiger partial charge in [0.15, 0.2) is 0 Å². The van der Waals surface area contributed by atoms with E-state index in [9.17, 15) is 0 Å². The van der Waals surface area contributed by atoms with Crippen LogP contribution in [0.1, 0.15) is 35.6 Å². The van der Waals surface area contributed by atoms with Crippen molar-refractivity contribution in [1.82, 2.24) is 0 Å². The molecular weight excluding hydrogens is 192 g/mol. The van der Waals surface area contributed by atoms with Crippen LogP contribution in [0.25, 0.3) is 10.8 Å². The highest BCUT2D eigenvalue weighted by molar-refractivity contribution is 5.92. The molecule has 0 heteroatoms. The Bertz CT molecular complexity index is 521. The molecule has 0 aliphatic rings. The molecule has 0 N–H and O–H groups in total. The number of aryl methyl sites for hydroxylation is 4. The third kappa shape index (κ3) is 1.73. The van der Waals surface area contributed by atoms with E-state index in [4.69, 9.17) is 0 Å². The molecule has 0 radical (unpaired) electrons. The summed E-state index contributed by atoms with van der Waals surface area (Å²) in [7, 11) is 0. The fourth-order valence-electron chi connectivity index (χ4n) is 2.48. The van der Waals surface area contributed by atoms with E-state index in [-0.39, 0.29) is 0 Å². The number of hydrogen-bond acceptors (Lipinski definition) is 0. The van der Waals surface area contributed by atoms with E-state index in [1.165, 1.54) is 45.9 Å². The summed E-state index contributed by atoms with van der Waals surface area (Å²) < 4.78 is 0. The van der Waals surface area contributed by atoms with Gasteiger partial charge < -0.3 is 0 Å². The Morgan fingerprint density at radius 2 is 1.56 bits per heavy atom. The van der Waals surface area contributed by atoms with Gasteiger partial charge in [-0.15, -0.1) is 0 Å². The zero-order valence-electron chi connectivity index (χ0n) is 10.7. The standard InChI is InChI=1S/C16H20/c1-5-6-14-9-7-12(3)16-13(4)11(2)8-10-15(14)16/h7-10H,5-6H2,1-4H3. The maximum absolute atomic E-state index is 2.29. The van der Waals surface area contributed by atoms with E-state index in [0.29, 0.717) is 0 Å². The van der Waals surface area contributed by atoms with E-state index < -0.39 is 0 Å². The summed E-state index contributed by atoms with van der Waals surface area (Å²) in [6.07, 6.45) is 2.39. The van der Waals surface area contributed by atoms with Crippen LogP contribution in [0.15, 0.2) is 24.3 Å². The third-order valence-electron chi connectivity index (χ3n) is 3.53. The quantitative estimate of drug-likeness (QED) is 0.676. The van der Waals surface area contributed by atoms with E-state index in [1.54, 1.807) is 0 Å². The van der Waals surface area contributed by atoms with Crippen LogP contribution in [0.5, 0.6) is 0 Å². The number of rotatable bonds is 2. The molecule has 2 aromatic carbocycles. The van der Waals surface area contributed by atoms with Crippen LogP contribution in [-0.4, -0.2) is 0 Å². The van der Waals surface area contributed by atoms with Crippen LogP contribution in [0.4, 0.5) is 0 Å². The Balaban J connectivity index is 2.80. The van der Waals surface area contributed by atoms with Crippen molar-refractivity contribution in [2.24, 2.45) is 0 Å². The summed E-state index contributed by atoms with van der Waals surface area (Å²) >= 11 is 0. The van der Waals surface area contributed by atoms with Gasteiger partial charge >= 0.3 is 0 Å². The molecule has 0 atom stereocenters. The maximum atomic E-state index is 2.29. The molecule has 0 aliphatic heterocycles. The molecule has 0 saturated heterocycles. The van der Waals surface area contributed by atoms with Crippen molar-refractivity contribution in [1.29, 1.82) is 0 Å². The lowest BCUT2D eigenvalue weighted by Crippen LogP contribution is -1.92. The Morgan fingerprint density at radius 3 is 2.25 bits per heavy atom. The van der Waals surface area contributed by atoms with Gasteiger partial charge in [0, 0.05) is 0 Å². The molecule has 84 valence electrons. The van der Waals surface area contributed by atoms with Gasteiger partial charge in [-0.3, -0.25) is 0 Å². The molecule has 0 spiro atoms.